The molecule has 3 N–H and O–H groups in total. The summed E-state index contributed by atoms with van der Waals surface area (Å²) < 4.78 is 21.9. The van der Waals surface area contributed by atoms with Gasteiger partial charge in [0.25, 0.3) is 0 Å². The van der Waals surface area contributed by atoms with E-state index < -0.39 is 6.04 Å². The van der Waals surface area contributed by atoms with E-state index in [1.54, 1.807) is 26.4 Å². The Hall–Kier alpha value is -2.97. The minimum Gasteiger partial charge on any atom is -0.497 e. The number of methoxy groups -OCH3 is 2. The predicted octanol–water partition coefficient (Wildman–Crippen LogP) is 3.05. The van der Waals surface area contributed by atoms with Crippen molar-refractivity contribution in [2.75, 3.05) is 32.8 Å². The molecule has 1 heterocycles. The number of anilines is 1. The average molecular weight is 415 g/mol. The molecule has 1 saturated heterocycles. The largest absolute Gasteiger partial charge is 0.497 e. The van der Waals surface area contributed by atoms with Gasteiger partial charge in [-0.2, -0.15) is 0 Å². The molecular weight excluding hydrogens is 386 g/mol. The van der Waals surface area contributed by atoms with Gasteiger partial charge >= 0.3 is 0 Å². The number of ether oxygens (including phenoxy) is 4. The summed E-state index contributed by atoms with van der Waals surface area (Å²) in [5.74, 6) is 2.54. The Bertz CT molecular complexity index is 874. The molecule has 30 heavy (non-hydrogen) atoms. The average Bonchev–Trinajstić information content (AvgIpc) is 3.25. The van der Waals surface area contributed by atoms with Gasteiger partial charge < -0.3 is 24.3 Å². The van der Waals surface area contributed by atoms with Gasteiger partial charge in [0.05, 0.1) is 39.2 Å². The normalized spacial score (nSPS) is 18.0. The maximum atomic E-state index is 12.9. The van der Waals surface area contributed by atoms with Crippen molar-refractivity contribution in [3.8, 4) is 23.0 Å². The van der Waals surface area contributed by atoms with Gasteiger partial charge in [-0.25, -0.2) is 10.9 Å². The Kier molecular flexibility index (Phi) is 7.37. The second kappa shape index (κ2) is 10.2. The maximum Gasteiger partial charge on any atom is 0.243 e. The highest BCUT2D eigenvalue weighted by Crippen LogP contribution is 2.34. The molecule has 0 spiro atoms. The predicted molar refractivity (Wildman–Crippen MR) is 114 cm³/mol. The number of hydrazine groups is 1. The van der Waals surface area contributed by atoms with Crippen molar-refractivity contribution in [2.45, 2.75) is 32.4 Å². The van der Waals surface area contributed by atoms with Crippen molar-refractivity contribution >= 4 is 11.6 Å². The molecule has 0 radical (unpaired) electrons. The zero-order chi connectivity index (χ0) is 21.5. The van der Waals surface area contributed by atoms with E-state index >= 15 is 0 Å². The van der Waals surface area contributed by atoms with Gasteiger partial charge in [-0.3, -0.25) is 4.79 Å². The molecule has 162 valence electrons. The maximum absolute atomic E-state index is 12.9. The van der Waals surface area contributed by atoms with Crippen LogP contribution in [-0.4, -0.2) is 39.4 Å². The molecule has 1 aliphatic heterocycles. The van der Waals surface area contributed by atoms with Gasteiger partial charge in [-0.05, 0) is 38.5 Å². The Balaban J connectivity index is 1.71. The third kappa shape index (κ3) is 4.95. The summed E-state index contributed by atoms with van der Waals surface area (Å²) in [5.41, 5.74) is 7.80. The summed E-state index contributed by atoms with van der Waals surface area (Å²) in [7, 11) is 3.23. The van der Waals surface area contributed by atoms with Crippen LogP contribution in [0.3, 0.4) is 0 Å². The molecule has 1 aliphatic rings. The van der Waals surface area contributed by atoms with Crippen molar-refractivity contribution in [3.63, 3.8) is 0 Å². The first kappa shape index (κ1) is 21.7. The molecule has 0 aromatic heterocycles. The fraction of sp³-hybridized carbons (Fsp3) is 0.409. The third-order valence-electron chi connectivity index (χ3n) is 4.86. The van der Waals surface area contributed by atoms with E-state index in [0.717, 1.165) is 5.56 Å². The SMILES string of the molecule is CCOc1ccc(OCC)c(NC(=O)C2CC(c3ccc(OC)cc3OC)NN2)c1. The highest BCUT2D eigenvalue weighted by molar-refractivity contribution is 5.96. The van der Waals surface area contributed by atoms with E-state index in [1.807, 2.05) is 38.1 Å². The van der Waals surface area contributed by atoms with Crippen molar-refractivity contribution < 1.29 is 23.7 Å². The first-order valence-corrected chi connectivity index (χ1v) is 10.0. The molecule has 8 heteroatoms. The van der Waals surface area contributed by atoms with Gasteiger partial charge in [0, 0.05) is 17.7 Å². The van der Waals surface area contributed by atoms with Gasteiger partial charge in [0.15, 0.2) is 0 Å². The van der Waals surface area contributed by atoms with Gasteiger partial charge in [-0.15, -0.1) is 0 Å². The standard InChI is InChI=1S/C22H29N3O5/c1-5-29-15-8-10-20(30-6-2)18(11-15)23-22(26)19-13-17(24-25-19)16-9-7-14(27-3)12-21(16)28-4/h7-12,17,19,24-25H,5-6,13H2,1-4H3,(H,23,26). The smallest absolute Gasteiger partial charge is 0.243 e. The van der Waals surface area contributed by atoms with Crippen molar-refractivity contribution in [2.24, 2.45) is 0 Å². The van der Waals surface area contributed by atoms with Crippen LogP contribution in [0.25, 0.3) is 0 Å². The van der Waals surface area contributed by atoms with E-state index in [9.17, 15) is 4.79 Å². The number of amides is 1. The van der Waals surface area contributed by atoms with Crippen molar-refractivity contribution in [1.82, 2.24) is 10.9 Å². The van der Waals surface area contributed by atoms with E-state index in [4.69, 9.17) is 18.9 Å². The number of benzene rings is 2. The lowest BCUT2D eigenvalue weighted by Gasteiger charge is -2.16. The first-order valence-electron chi connectivity index (χ1n) is 10.0. The molecule has 2 unspecified atom stereocenters. The molecule has 8 nitrogen and oxygen atoms in total. The summed E-state index contributed by atoms with van der Waals surface area (Å²) in [6.45, 7) is 4.86. The summed E-state index contributed by atoms with van der Waals surface area (Å²) in [6.07, 6.45) is 0.559. The van der Waals surface area contributed by atoms with Crippen LogP contribution in [0, 0.1) is 0 Å². The number of carbonyl (C=O) groups is 1. The summed E-state index contributed by atoms with van der Waals surface area (Å²) >= 11 is 0. The van der Waals surface area contributed by atoms with E-state index in [0.29, 0.717) is 48.3 Å². The molecule has 1 amide bonds. The lowest BCUT2D eigenvalue weighted by molar-refractivity contribution is -0.117. The zero-order valence-corrected chi connectivity index (χ0v) is 17.8. The molecule has 0 saturated carbocycles. The van der Waals surface area contributed by atoms with Crippen LogP contribution in [0.5, 0.6) is 23.0 Å². The Morgan fingerprint density at radius 2 is 1.73 bits per heavy atom. The molecule has 1 fully saturated rings. The molecule has 2 aromatic rings. The van der Waals surface area contributed by atoms with Crippen LogP contribution in [0.2, 0.25) is 0 Å². The number of rotatable bonds is 9. The fourth-order valence-corrected chi connectivity index (χ4v) is 3.40. The van der Waals surface area contributed by atoms with Crippen LogP contribution in [0.15, 0.2) is 36.4 Å². The van der Waals surface area contributed by atoms with Crippen molar-refractivity contribution in [1.29, 1.82) is 0 Å². The van der Waals surface area contributed by atoms with Gasteiger partial charge in [-0.1, -0.05) is 6.07 Å². The Labute approximate surface area is 176 Å². The lowest BCUT2D eigenvalue weighted by atomic mass is 10.0. The molecule has 2 aromatic carbocycles. The van der Waals surface area contributed by atoms with E-state index in [1.165, 1.54) is 0 Å². The monoisotopic (exact) mass is 415 g/mol. The topological polar surface area (TPSA) is 90.1 Å². The molecule has 0 aliphatic carbocycles. The summed E-state index contributed by atoms with van der Waals surface area (Å²) in [5, 5.41) is 2.96. The summed E-state index contributed by atoms with van der Waals surface area (Å²) in [6, 6.07) is 10.5. The summed E-state index contributed by atoms with van der Waals surface area (Å²) in [4.78, 5) is 12.9. The second-order valence-electron chi connectivity index (χ2n) is 6.75. The van der Waals surface area contributed by atoms with Crippen LogP contribution in [0.1, 0.15) is 31.9 Å². The minimum atomic E-state index is -0.424. The number of hydrogen-bond acceptors (Lipinski definition) is 7. The van der Waals surface area contributed by atoms with Crippen LogP contribution in [0.4, 0.5) is 5.69 Å². The Morgan fingerprint density at radius 3 is 2.43 bits per heavy atom. The van der Waals surface area contributed by atoms with Crippen LogP contribution < -0.4 is 35.1 Å². The molecule has 2 atom stereocenters. The number of nitrogens with one attached hydrogen (secondary N) is 3. The molecule has 0 bridgehead atoms. The third-order valence-corrected chi connectivity index (χ3v) is 4.86. The second-order valence-corrected chi connectivity index (χ2v) is 6.75. The zero-order valence-electron chi connectivity index (χ0n) is 17.8. The lowest BCUT2D eigenvalue weighted by Crippen LogP contribution is -2.39. The van der Waals surface area contributed by atoms with Gasteiger partial charge in [0.2, 0.25) is 5.91 Å². The van der Waals surface area contributed by atoms with Crippen molar-refractivity contribution in [3.05, 3.63) is 42.0 Å². The highest BCUT2D eigenvalue weighted by Gasteiger charge is 2.32. The number of carbonyl (C=O) groups excluding carboxylic acids is 1. The minimum absolute atomic E-state index is 0.0808. The highest BCUT2D eigenvalue weighted by atomic mass is 16.5. The van der Waals surface area contributed by atoms with Gasteiger partial charge in [0.1, 0.15) is 29.0 Å². The van der Waals surface area contributed by atoms with E-state index in [2.05, 4.69) is 16.2 Å². The first-order chi connectivity index (χ1) is 14.6. The van der Waals surface area contributed by atoms with E-state index in [-0.39, 0.29) is 11.9 Å². The Morgan fingerprint density at radius 1 is 0.967 bits per heavy atom. The number of hydrogen-bond donors (Lipinski definition) is 3. The molecule has 3 rings (SSSR count). The van der Waals surface area contributed by atoms with Crippen LogP contribution in [-0.2, 0) is 4.79 Å². The quantitative estimate of drug-likeness (QED) is 0.580. The molecular formula is C22H29N3O5. The fourth-order valence-electron chi connectivity index (χ4n) is 3.40. The van der Waals surface area contributed by atoms with Crippen LogP contribution >= 0.6 is 0 Å².